The summed E-state index contributed by atoms with van der Waals surface area (Å²) in [5, 5.41) is 3.06. The Labute approximate surface area is 202 Å². The number of rotatable bonds is 5. The molecule has 0 fully saturated rings. The molecule has 1 aliphatic heterocycles. The number of nitrogens with zero attached hydrogens (tertiary/aromatic N) is 1. The lowest BCUT2D eigenvalue weighted by Crippen LogP contribution is -2.39. The molecule has 0 saturated heterocycles. The van der Waals surface area contributed by atoms with Crippen LogP contribution in [-0.4, -0.2) is 31.6 Å². The highest BCUT2D eigenvalue weighted by Gasteiger charge is 2.43. The van der Waals surface area contributed by atoms with E-state index in [-0.39, 0.29) is 11.7 Å². The van der Waals surface area contributed by atoms with Crippen molar-refractivity contribution in [3.05, 3.63) is 63.3 Å². The van der Waals surface area contributed by atoms with Crippen LogP contribution >= 0.6 is 15.9 Å². The number of aliphatic imine (C=N–C) groups is 1. The van der Waals surface area contributed by atoms with Crippen molar-refractivity contribution in [2.24, 2.45) is 10.9 Å². The molecule has 4 rings (SSSR count). The van der Waals surface area contributed by atoms with Crippen molar-refractivity contribution >= 4 is 39.0 Å². The zero-order valence-corrected chi connectivity index (χ0v) is 20.8. The number of carbonyl (C=O) groups is 2. The number of hydrogen-bond acceptors (Lipinski definition) is 5. The Morgan fingerprint density at radius 1 is 1.09 bits per heavy atom. The van der Waals surface area contributed by atoms with E-state index in [1.165, 1.54) is 0 Å². The number of ketones is 1. The van der Waals surface area contributed by atoms with Crippen LogP contribution in [0.3, 0.4) is 0 Å². The lowest BCUT2D eigenvalue weighted by atomic mass is 9.71. The monoisotopic (exact) mass is 510 g/mol. The molecule has 0 radical (unpaired) electrons. The largest absolute Gasteiger partial charge is 0.496 e. The highest BCUT2D eigenvalue weighted by Crippen LogP contribution is 2.48. The third-order valence-electron chi connectivity index (χ3n) is 6.36. The van der Waals surface area contributed by atoms with Crippen LogP contribution in [0.1, 0.15) is 43.2 Å². The Hall–Kier alpha value is -2.93. The number of Topliss-reactive ketones (excluding diaryl/α,β-unsaturated/α-hetero) is 1. The van der Waals surface area contributed by atoms with Crippen LogP contribution in [0, 0.1) is 12.8 Å². The van der Waals surface area contributed by atoms with Gasteiger partial charge in [0.1, 0.15) is 11.5 Å². The standard InChI is InChI=1S/C26H27BrN2O4/c1-14-8-5-6-9-18(14)29-26(31)23-15(2)28-19-10-7-11-20(30)25(19)24(23)16-12-22(33-4)17(27)13-21(16)32-3/h5-6,8-9,12-13,23-24H,7,10-11H2,1-4H3,(H,29,31). The van der Waals surface area contributed by atoms with Crippen LogP contribution in [0.5, 0.6) is 11.5 Å². The number of nitrogens with one attached hydrogen (secondary N) is 1. The number of allylic oxidation sites excluding steroid dienone is 2. The molecule has 1 N–H and O–H groups in total. The summed E-state index contributed by atoms with van der Waals surface area (Å²) in [5.74, 6) is -0.160. The van der Waals surface area contributed by atoms with Crippen molar-refractivity contribution < 1.29 is 19.1 Å². The first kappa shape index (κ1) is 23.2. The summed E-state index contributed by atoms with van der Waals surface area (Å²) in [5.41, 5.74) is 4.51. The van der Waals surface area contributed by atoms with Crippen molar-refractivity contribution in [3.8, 4) is 11.5 Å². The van der Waals surface area contributed by atoms with Gasteiger partial charge < -0.3 is 14.8 Å². The Balaban J connectivity index is 1.88. The van der Waals surface area contributed by atoms with E-state index in [0.29, 0.717) is 29.2 Å². The topological polar surface area (TPSA) is 77.0 Å². The van der Waals surface area contributed by atoms with Gasteiger partial charge in [-0.25, -0.2) is 0 Å². The molecular weight excluding hydrogens is 484 g/mol. The molecule has 0 bridgehead atoms. The van der Waals surface area contributed by atoms with Crippen molar-refractivity contribution in [2.45, 2.75) is 39.0 Å². The first-order valence-electron chi connectivity index (χ1n) is 10.9. The number of benzene rings is 2. The second-order valence-electron chi connectivity index (χ2n) is 8.38. The summed E-state index contributed by atoms with van der Waals surface area (Å²) < 4.78 is 12.0. The van der Waals surface area contributed by atoms with Crippen molar-refractivity contribution in [1.29, 1.82) is 0 Å². The number of para-hydroxylation sites is 1. The number of halogens is 1. The summed E-state index contributed by atoms with van der Waals surface area (Å²) in [6, 6.07) is 11.3. The molecule has 1 amide bonds. The molecule has 7 heteroatoms. The van der Waals surface area contributed by atoms with E-state index in [2.05, 4.69) is 21.2 Å². The molecule has 6 nitrogen and oxygen atoms in total. The summed E-state index contributed by atoms with van der Waals surface area (Å²) in [4.78, 5) is 31.6. The van der Waals surface area contributed by atoms with Gasteiger partial charge in [-0.05, 0) is 66.4 Å². The van der Waals surface area contributed by atoms with Gasteiger partial charge in [0.15, 0.2) is 5.78 Å². The Kier molecular flexibility index (Phi) is 6.70. The van der Waals surface area contributed by atoms with Crippen molar-refractivity contribution in [1.82, 2.24) is 0 Å². The van der Waals surface area contributed by atoms with Gasteiger partial charge in [0.05, 0.1) is 24.6 Å². The molecule has 33 heavy (non-hydrogen) atoms. The number of anilines is 1. The molecule has 1 aliphatic carbocycles. The minimum absolute atomic E-state index is 0.0372. The van der Waals surface area contributed by atoms with Crippen LogP contribution in [0.25, 0.3) is 0 Å². The van der Waals surface area contributed by atoms with Crippen molar-refractivity contribution in [3.63, 3.8) is 0 Å². The number of ether oxygens (including phenoxy) is 2. The molecule has 2 aliphatic rings. The molecule has 1 heterocycles. The summed E-state index contributed by atoms with van der Waals surface area (Å²) in [7, 11) is 3.17. The number of methoxy groups -OCH3 is 2. The summed E-state index contributed by atoms with van der Waals surface area (Å²) in [6.45, 7) is 3.81. The fourth-order valence-electron chi connectivity index (χ4n) is 4.73. The summed E-state index contributed by atoms with van der Waals surface area (Å²) in [6.07, 6.45) is 1.94. The van der Waals surface area contributed by atoms with Gasteiger partial charge in [-0.1, -0.05) is 18.2 Å². The third kappa shape index (κ3) is 4.34. The average Bonchev–Trinajstić information content (AvgIpc) is 2.79. The Bertz CT molecular complexity index is 1180. The van der Waals surface area contributed by atoms with E-state index < -0.39 is 11.8 Å². The quantitative estimate of drug-likeness (QED) is 0.568. The second kappa shape index (κ2) is 9.51. The molecule has 0 aromatic heterocycles. The maximum Gasteiger partial charge on any atom is 0.234 e. The van der Waals surface area contributed by atoms with Gasteiger partial charge >= 0.3 is 0 Å². The van der Waals surface area contributed by atoms with E-state index >= 15 is 0 Å². The van der Waals surface area contributed by atoms with Crippen LogP contribution in [-0.2, 0) is 9.59 Å². The maximum absolute atomic E-state index is 13.7. The van der Waals surface area contributed by atoms with Crippen LogP contribution in [0.2, 0.25) is 0 Å². The zero-order chi connectivity index (χ0) is 23.7. The van der Waals surface area contributed by atoms with Gasteiger partial charge in [-0.15, -0.1) is 0 Å². The second-order valence-corrected chi connectivity index (χ2v) is 9.23. The predicted octanol–water partition coefficient (Wildman–Crippen LogP) is 5.59. The smallest absolute Gasteiger partial charge is 0.234 e. The molecule has 2 aromatic rings. The number of aryl methyl sites for hydroxylation is 1. The minimum Gasteiger partial charge on any atom is -0.496 e. The predicted molar refractivity (Wildman–Crippen MR) is 132 cm³/mol. The van der Waals surface area contributed by atoms with E-state index in [4.69, 9.17) is 14.5 Å². The minimum atomic E-state index is -0.662. The maximum atomic E-state index is 13.7. The normalized spacial score (nSPS) is 20.2. The highest BCUT2D eigenvalue weighted by atomic mass is 79.9. The Morgan fingerprint density at radius 3 is 2.52 bits per heavy atom. The molecule has 0 spiro atoms. The first-order valence-corrected chi connectivity index (χ1v) is 11.7. The lowest BCUT2D eigenvalue weighted by Gasteiger charge is -2.35. The van der Waals surface area contributed by atoms with E-state index in [1.54, 1.807) is 14.2 Å². The van der Waals surface area contributed by atoms with Crippen molar-refractivity contribution in [2.75, 3.05) is 19.5 Å². The van der Waals surface area contributed by atoms with E-state index in [9.17, 15) is 9.59 Å². The number of carbonyl (C=O) groups excluding carboxylic acids is 2. The Morgan fingerprint density at radius 2 is 1.82 bits per heavy atom. The van der Waals surface area contributed by atoms with Crippen LogP contribution in [0.15, 0.2) is 57.1 Å². The van der Waals surface area contributed by atoms with Gasteiger partial charge in [0.2, 0.25) is 5.91 Å². The average molecular weight is 511 g/mol. The molecule has 2 aromatic carbocycles. The number of amides is 1. The van der Waals surface area contributed by atoms with Crippen LogP contribution < -0.4 is 14.8 Å². The summed E-state index contributed by atoms with van der Waals surface area (Å²) >= 11 is 3.51. The van der Waals surface area contributed by atoms with E-state index in [1.807, 2.05) is 50.2 Å². The fourth-order valence-corrected chi connectivity index (χ4v) is 5.22. The van der Waals surface area contributed by atoms with Gasteiger partial charge in [-0.2, -0.15) is 0 Å². The van der Waals surface area contributed by atoms with Gasteiger partial charge in [0.25, 0.3) is 0 Å². The molecular formula is C26H27BrN2O4. The lowest BCUT2D eigenvalue weighted by molar-refractivity contribution is -0.119. The van der Waals surface area contributed by atoms with Gasteiger partial charge in [0, 0.05) is 40.6 Å². The molecule has 172 valence electrons. The highest BCUT2D eigenvalue weighted by molar-refractivity contribution is 9.10. The molecule has 2 atom stereocenters. The SMILES string of the molecule is COc1cc(C2C3=C(CCCC3=O)N=C(C)C2C(=O)Nc2ccccc2C)c(OC)cc1Br. The molecule has 0 saturated carbocycles. The van der Waals surface area contributed by atoms with Crippen LogP contribution in [0.4, 0.5) is 5.69 Å². The zero-order valence-electron chi connectivity index (χ0n) is 19.2. The van der Waals surface area contributed by atoms with E-state index in [0.717, 1.165) is 39.8 Å². The molecule has 2 unspecified atom stereocenters. The third-order valence-corrected chi connectivity index (χ3v) is 6.98. The first-order chi connectivity index (χ1) is 15.8. The van der Waals surface area contributed by atoms with Gasteiger partial charge in [-0.3, -0.25) is 14.6 Å². The number of hydrogen-bond donors (Lipinski definition) is 1. The fraction of sp³-hybridized carbons (Fsp3) is 0.346.